The van der Waals surface area contributed by atoms with Crippen molar-refractivity contribution in [2.45, 2.75) is 0 Å². The van der Waals surface area contributed by atoms with Crippen LogP contribution in [0.25, 0.3) is 76.3 Å². The Morgan fingerprint density at radius 1 is 0.556 bits per heavy atom. The van der Waals surface area contributed by atoms with E-state index in [1.807, 2.05) is 17.4 Å². The molecule has 0 radical (unpaired) electrons. The van der Waals surface area contributed by atoms with Crippen LogP contribution < -0.4 is 0 Å². The predicted molar refractivity (Wildman–Crippen MR) is 148 cm³/mol. The van der Waals surface area contributed by atoms with Gasteiger partial charge >= 0.3 is 0 Å². The van der Waals surface area contributed by atoms with E-state index in [9.17, 15) is 0 Å². The molecule has 0 spiro atoms. The maximum Gasteiger partial charge on any atom is 0.143 e. The van der Waals surface area contributed by atoms with Crippen LogP contribution in [0.2, 0.25) is 0 Å². The van der Waals surface area contributed by atoms with Crippen molar-refractivity contribution in [3.63, 3.8) is 0 Å². The Bertz CT molecular complexity index is 1960. The fourth-order valence-electron chi connectivity index (χ4n) is 5.47. The summed E-state index contributed by atoms with van der Waals surface area (Å²) in [7, 11) is 0. The molecular formula is C32H18N2OS. The second-order valence-electron chi connectivity index (χ2n) is 9.00. The smallest absolute Gasteiger partial charge is 0.143 e. The van der Waals surface area contributed by atoms with Crippen LogP contribution in [0.3, 0.4) is 0 Å². The molecule has 3 heterocycles. The second-order valence-corrected chi connectivity index (χ2v) is 10.1. The summed E-state index contributed by atoms with van der Waals surface area (Å²) < 4.78 is 8.70. The third kappa shape index (κ3) is 2.73. The number of thiophene rings is 1. The zero-order valence-corrected chi connectivity index (χ0v) is 19.9. The summed E-state index contributed by atoms with van der Waals surface area (Å²) >= 11 is 1.86. The molecule has 0 fully saturated rings. The first-order chi connectivity index (χ1) is 17.9. The minimum atomic E-state index is 0.827. The molecule has 0 saturated carbocycles. The molecule has 168 valence electrons. The largest absolute Gasteiger partial charge is 0.464 e. The molecule has 0 N–H and O–H groups in total. The van der Waals surface area contributed by atoms with Crippen LogP contribution in [0.5, 0.6) is 0 Å². The summed E-state index contributed by atoms with van der Waals surface area (Å²) in [4.78, 5) is 9.46. The number of fused-ring (bicyclic) bond motifs is 11. The van der Waals surface area contributed by atoms with Crippen LogP contribution in [0.15, 0.2) is 114 Å². The van der Waals surface area contributed by atoms with Crippen LogP contribution >= 0.6 is 11.3 Å². The van der Waals surface area contributed by atoms with Crippen LogP contribution in [0.1, 0.15) is 0 Å². The summed E-state index contributed by atoms with van der Waals surface area (Å²) in [6.45, 7) is 0. The first kappa shape index (κ1) is 19.7. The highest BCUT2D eigenvalue weighted by molar-refractivity contribution is 7.26. The van der Waals surface area contributed by atoms with Gasteiger partial charge in [0, 0.05) is 49.3 Å². The lowest BCUT2D eigenvalue weighted by Crippen LogP contribution is -1.99. The van der Waals surface area contributed by atoms with E-state index in [2.05, 4.69) is 84.9 Å². The monoisotopic (exact) mass is 478 g/mol. The van der Waals surface area contributed by atoms with Gasteiger partial charge in [-0.25, -0.2) is 0 Å². The average Bonchev–Trinajstić information content (AvgIpc) is 3.57. The molecule has 1 aliphatic rings. The zero-order chi connectivity index (χ0) is 23.6. The molecule has 3 nitrogen and oxygen atoms in total. The lowest BCUT2D eigenvalue weighted by atomic mass is 9.86. The van der Waals surface area contributed by atoms with E-state index in [-0.39, 0.29) is 0 Å². The highest BCUT2D eigenvalue weighted by Gasteiger charge is 2.26. The van der Waals surface area contributed by atoms with Gasteiger partial charge in [0.2, 0.25) is 0 Å². The Hall–Kier alpha value is -4.54. The molecule has 36 heavy (non-hydrogen) atoms. The number of aromatic nitrogens is 2. The summed E-state index contributed by atoms with van der Waals surface area (Å²) in [6, 6.07) is 32.4. The average molecular weight is 479 g/mol. The highest BCUT2D eigenvalue weighted by atomic mass is 32.1. The van der Waals surface area contributed by atoms with Gasteiger partial charge < -0.3 is 4.42 Å². The van der Waals surface area contributed by atoms with Crippen molar-refractivity contribution in [2.24, 2.45) is 0 Å². The van der Waals surface area contributed by atoms with E-state index in [0.717, 1.165) is 45.0 Å². The van der Waals surface area contributed by atoms with E-state index in [1.54, 1.807) is 18.7 Å². The maximum absolute atomic E-state index is 6.08. The zero-order valence-electron chi connectivity index (χ0n) is 19.1. The molecule has 4 heteroatoms. The molecule has 0 saturated heterocycles. The van der Waals surface area contributed by atoms with Crippen LogP contribution in [-0.2, 0) is 0 Å². The molecule has 0 atom stereocenters. The minimum absolute atomic E-state index is 0.827. The van der Waals surface area contributed by atoms with Crippen molar-refractivity contribution in [3.8, 4) is 56.1 Å². The summed E-state index contributed by atoms with van der Waals surface area (Å²) in [6.07, 6.45) is 5.25. The number of rotatable bonds is 1. The summed E-state index contributed by atoms with van der Waals surface area (Å²) in [5.74, 6) is 0.827. The Morgan fingerprint density at radius 2 is 1.31 bits per heavy atom. The molecular weight excluding hydrogens is 460 g/mol. The standard InChI is InChI=1S/C32H18N2OS/c1-2-8-23-21(6-1)27-18-19(20-9-5-10-25-22-7-3-4-11-28(22)36-32(20)25)12-13-24(27)31-26(14-17-35-31)30-29(23)33-15-16-34-30/h1-18H. The summed E-state index contributed by atoms with van der Waals surface area (Å²) in [5.41, 5.74) is 9.52. The molecule has 0 bridgehead atoms. The number of hydrogen-bond acceptors (Lipinski definition) is 4. The molecule has 8 rings (SSSR count). The van der Waals surface area contributed by atoms with Crippen molar-refractivity contribution in [2.75, 3.05) is 0 Å². The molecule has 1 aliphatic carbocycles. The van der Waals surface area contributed by atoms with Crippen molar-refractivity contribution < 1.29 is 4.42 Å². The minimum Gasteiger partial charge on any atom is -0.464 e. The Labute approximate surface area is 211 Å². The normalized spacial score (nSPS) is 11.9. The molecule has 0 amide bonds. The van der Waals surface area contributed by atoms with Crippen LogP contribution in [-0.4, -0.2) is 9.97 Å². The summed E-state index contributed by atoms with van der Waals surface area (Å²) in [5, 5.41) is 2.61. The van der Waals surface area contributed by atoms with Gasteiger partial charge in [0.1, 0.15) is 11.5 Å². The van der Waals surface area contributed by atoms with Gasteiger partial charge in [-0.2, -0.15) is 0 Å². The lowest BCUT2D eigenvalue weighted by Gasteiger charge is -2.19. The highest BCUT2D eigenvalue weighted by Crippen LogP contribution is 2.48. The SMILES string of the molecule is c1ccc2c(c1)-c1cc(-c3cccc4c3sc3ccccc34)ccc1-c1occc1-c1nccnc1-2. The van der Waals surface area contributed by atoms with Crippen LogP contribution in [0.4, 0.5) is 0 Å². The van der Waals surface area contributed by atoms with Gasteiger partial charge in [-0.3, -0.25) is 9.97 Å². The fraction of sp³-hybridized carbons (Fsp3) is 0. The van der Waals surface area contributed by atoms with Gasteiger partial charge in [-0.1, -0.05) is 66.7 Å². The van der Waals surface area contributed by atoms with E-state index in [4.69, 9.17) is 14.4 Å². The molecule has 3 aromatic heterocycles. The number of benzene rings is 4. The Morgan fingerprint density at radius 3 is 2.22 bits per heavy atom. The molecule has 0 aliphatic heterocycles. The fourth-order valence-corrected chi connectivity index (χ4v) is 6.71. The van der Waals surface area contributed by atoms with Gasteiger partial charge in [0.25, 0.3) is 0 Å². The van der Waals surface area contributed by atoms with E-state index in [1.165, 1.54) is 31.3 Å². The van der Waals surface area contributed by atoms with Crippen LogP contribution in [0, 0.1) is 0 Å². The molecule has 0 unspecified atom stereocenters. The third-order valence-corrected chi connectivity index (χ3v) is 8.29. The first-order valence-corrected chi connectivity index (χ1v) is 12.7. The van der Waals surface area contributed by atoms with Gasteiger partial charge in [-0.05, 0) is 46.5 Å². The number of hydrogen-bond donors (Lipinski definition) is 0. The Kier molecular flexibility index (Phi) is 4.10. The lowest BCUT2D eigenvalue weighted by molar-refractivity contribution is 0.583. The second kappa shape index (κ2) is 7.48. The van der Waals surface area contributed by atoms with E-state index < -0.39 is 0 Å². The van der Waals surface area contributed by atoms with Crippen molar-refractivity contribution in [1.82, 2.24) is 9.97 Å². The number of furan rings is 1. The van der Waals surface area contributed by atoms with Gasteiger partial charge in [0.15, 0.2) is 0 Å². The quantitative estimate of drug-likeness (QED) is 0.236. The molecule has 7 aromatic rings. The third-order valence-electron chi connectivity index (χ3n) is 7.07. The topological polar surface area (TPSA) is 38.9 Å². The molecule has 4 aromatic carbocycles. The van der Waals surface area contributed by atoms with Crippen molar-refractivity contribution in [1.29, 1.82) is 0 Å². The predicted octanol–water partition coefficient (Wildman–Crippen LogP) is 9.09. The number of nitrogens with zero attached hydrogens (tertiary/aromatic N) is 2. The maximum atomic E-state index is 6.08. The Balaban J connectivity index is 1.44. The first-order valence-electron chi connectivity index (χ1n) is 11.9. The van der Waals surface area contributed by atoms with Gasteiger partial charge in [-0.15, -0.1) is 11.3 Å². The van der Waals surface area contributed by atoms with Crippen molar-refractivity contribution in [3.05, 3.63) is 110 Å². The van der Waals surface area contributed by atoms with Gasteiger partial charge in [0.05, 0.1) is 12.0 Å². The van der Waals surface area contributed by atoms with Crippen molar-refractivity contribution >= 4 is 31.5 Å². The van der Waals surface area contributed by atoms with E-state index >= 15 is 0 Å². The van der Waals surface area contributed by atoms with E-state index in [0.29, 0.717) is 0 Å².